The minimum absolute atomic E-state index is 0.122. The van der Waals surface area contributed by atoms with E-state index in [2.05, 4.69) is 32.7 Å². The molecule has 3 aromatic rings. The summed E-state index contributed by atoms with van der Waals surface area (Å²) < 4.78 is 7.76. The average Bonchev–Trinajstić information content (AvgIpc) is 3.13. The molecule has 1 fully saturated rings. The first-order valence-corrected chi connectivity index (χ1v) is 12.7. The minimum Gasteiger partial charge on any atom is -0.444 e. The molecule has 0 radical (unpaired) electrons. The molecule has 8 heteroatoms. The lowest BCUT2D eigenvalue weighted by Gasteiger charge is -2.34. The number of aryl methyl sites for hydroxylation is 1. The van der Waals surface area contributed by atoms with Gasteiger partial charge in [-0.3, -0.25) is 14.7 Å². The second-order valence-corrected chi connectivity index (χ2v) is 10.7. The van der Waals surface area contributed by atoms with Crippen LogP contribution < -0.4 is 4.90 Å². The van der Waals surface area contributed by atoms with Gasteiger partial charge in [0.25, 0.3) is 0 Å². The molecule has 190 valence electrons. The zero-order chi connectivity index (χ0) is 25.4. The molecule has 0 atom stereocenters. The third kappa shape index (κ3) is 4.95. The van der Waals surface area contributed by atoms with E-state index in [-0.39, 0.29) is 12.0 Å². The molecule has 5 rings (SSSR count). The molecule has 8 nitrogen and oxygen atoms in total. The minimum atomic E-state index is -0.514. The molecule has 0 unspecified atom stereocenters. The SMILES string of the molecule is Cn1c2c(c3ccc(N4CCN(CCc5ccccn5)CC4=O)cc31)CCN(C(=O)OC(C)(C)C)C2. The van der Waals surface area contributed by atoms with E-state index in [0.29, 0.717) is 26.2 Å². The van der Waals surface area contributed by atoms with Crippen LogP contribution in [-0.2, 0) is 36.0 Å². The molecular formula is C28H35N5O3. The van der Waals surface area contributed by atoms with E-state index in [4.69, 9.17) is 4.74 Å². The molecule has 0 aliphatic carbocycles. The first kappa shape index (κ1) is 24.3. The van der Waals surface area contributed by atoms with Gasteiger partial charge in [0.1, 0.15) is 5.60 Å². The van der Waals surface area contributed by atoms with Crippen molar-refractivity contribution in [3.05, 3.63) is 59.5 Å². The Labute approximate surface area is 212 Å². The number of hydrogen-bond acceptors (Lipinski definition) is 5. The number of carbonyl (C=O) groups excluding carboxylic acids is 2. The number of anilines is 1. The van der Waals surface area contributed by atoms with Crippen LogP contribution in [0.2, 0.25) is 0 Å². The summed E-state index contributed by atoms with van der Waals surface area (Å²) in [6, 6.07) is 12.3. The Balaban J connectivity index is 1.29. The van der Waals surface area contributed by atoms with Crippen LogP contribution >= 0.6 is 0 Å². The molecule has 2 aliphatic heterocycles. The maximum Gasteiger partial charge on any atom is 0.410 e. The zero-order valence-corrected chi connectivity index (χ0v) is 21.7. The summed E-state index contributed by atoms with van der Waals surface area (Å²) in [6.45, 7) is 9.59. The van der Waals surface area contributed by atoms with Gasteiger partial charge < -0.3 is 19.1 Å². The molecule has 2 amide bonds. The summed E-state index contributed by atoms with van der Waals surface area (Å²) in [6.07, 6.45) is 3.17. The van der Waals surface area contributed by atoms with Gasteiger partial charge in [-0.25, -0.2) is 4.79 Å². The molecule has 0 N–H and O–H groups in total. The van der Waals surface area contributed by atoms with E-state index in [1.54, 1.807) is 4.90 Å². The number of piperazine rings is 1. The van der Waals surface area contributed by atoms with Crippen LogP contribution in [0.25, 0.3) is 10.9 Å². The smallest absolute Gasteiger partial charge is 0.410 e. The van der Waals surface area contributed by atoms with Gasteiger partial charge in [0, 0.05) is 68.3 Å². The quantitative estimate of drug-likeness (QED) is 0.558. The van der Waals surface area contributed by atoms with Crippen molar-refractivity contribution < 1.29 is 14.3 Å². The van der Waals surface area contributed by atoms with Crippen LogP contribution in [0.15, 0.2) is 42.6 Å². The Morgan fingerprint density at radius 3 is 2.64 bits per heavy atom. The van der Waals surface area contributed by atoms with Crippen molar-refractivity contribution in [2.45, 2.75) is 45.8 Å². The fourth-order valence-electron chi connectivity index (χ4n) is 5.20. The number of aromatic nitrogens is 2. The number of ether oxygens (including phenoxy) is 1. The zero-order valence-electron chi connectivity index (χ0n) is 21.7. The summed E-state index contributed by atoms with van der Waals surface area (Å²) >= 11 is 0. The highest BCUT2D eigenvalue weighted by Crippen LogP contribution is 2.33. The Bertz CT molecular complexity index is 1280. The number of fused-ring (bicyclic) bond motifs is 3. The lowest BCUT2D eigenvalue weighted by molar-refractivity contribution is -0.121. The lowest BCUT2D eigenvalue weighted by atomic mass is 10.0. The van der Waals surface area contributed by atoms with Crippen molar-refractivity contribution in [3.8, 4) is 0 Å². The van der Waals surface area contributed by atoms with Crippen LogP contribution in [0.3, 0.4) is 0 Å². The summed E-state index contributed by atoms with van der Waals surface area (Å²) in [5.41, 5.74) is 4.97. The van der Waals surface area contributed by atoms with Crippen molar-refractivity contribution in [2.75, 3.05) is 37.6 Å². The fourth-order valence-corrected chi connectivity index (χ4v) is 5.20. The van der Waals surface area contributed by atoms with E-state index < -0.39 is 5.60 Å². The van der Waals surface area contributed by atoms with Gasteiger partial charge in [-0.05, 0) is 57.0 Å². The highest BCUT2D eigenvalue weighted by atomic mass is 16.6. The number of amides is 2. The Morgan fingerprint density at radius 2 is 1.92 bits per heavy atom. The molecule has 2 aliphatic rings. The lowest BCUT2D eigenvalue weighted by Crippen LogP contribution is -2.50. The molecule has 0 saturated carbocycles. The molecule has 1 saturated heterocycles. The highest BCUT2D eigenvalue weighted by molar-refractivity contribution is 5.98. The third-order valence-corrected chi connectivity index (χ3v) is 7.07. The predicted molar refractivity (Wildman–Crippen MR) is 140 cm³/mol. The molecule has 36 heavy (non-hydrogen) atoms. The predicted octanol–water partition coefficient (Wildman–Crippen LogP) is 3.76. The molecule has 4 heterocycles. The second kappa shape index (κ2) is 9.58. The Morgan fingerprint density at radius 1 is 1.08 bits per heavy atom. The van der Waals surface area contributed by atoms with E-state index >= 15 is 0 Å². The van der Waals surface area contributed by atoms with E-state index in [9.17, 15) is 9.59 Å². The molecule has 1 aromatic carbocycles. The molecular weight excluding hydrogens is 454 g/mol. The van der Waals surface area contributed by atoms with Crippen LogP contribution in [0.5, 0.6) is 0 Å². The van der Waals surface area contributed by atoms with Crippen LogP contribution in [-0.4, -0.2) is 69.7 Å². The van der Waals surface area contributed by atoms with Gasteiger partial charge in [0.15, 0.2) is 0 Å². The van der Waals surface area contributed by atoms with Crippen molar-refractivity contribution in [1.82, 2.24) is 19.4 Å². The van der Waals surface area contributed by atoms with Crippen LogP contribution in [0.4, 0.5) is 10.5 Å². The Kier molecular flexibility index (Phi) is 6.47. The normalized spacial score (nSPS) is 16.9. The van der Waals surface area contributed by atoms with Crippen LogP contribution in [0, 0.1) is 0 Å². The third-order valence-electron chi connectivity index (χ3n) is 7.07. The Hall–Kier alpha value is -3.39. The van der Waals surface area contributed by atoms with Crippen molar-refractivity contribution in [2.24, 2.45) is 7.05 Å². The molecule has 2 aromatic heterocycles. The van der Waals surface area contributed by atoms with E-state index in [1.165, 1.54) is 10.9 Å². The number of carbonyl (C=O) groups is 2. The standard InChI is InChI=1S/C28H35N5O3/c1-28(2,3)36-27(35)32-14-11-23-22-9-8-21(17-24(22)30(4)25(23)18-32)33-16-15-31(19-26(33)34)13-10-20-7-5-6-12-29-20/h5-9,12,17H,10-11,13-16,18-19H2,1-4H3. The second-order valence-electron chi connectivity index (χ2n) is 10.7. The monoisotopic (exact) mass is 489 g/mol. The summed E-state index contributed by atoms with van der Waals surface area (Å²) in [7, 11) is 2.04. The van der Waals surface area contributed by atoms with Gasteiger partial charge >= 0.3 is 6.09 Å². The summed E-state index contributed by atoms with van der Waals surface area (Å²) in [5, 5.41) is 1.20. The highest BCUT2D eigenvalue weighted by Gasteiger charge is 2.30. The topological polar surface area (TPSA) is 70.9 Å². The largest absolute Gasteiger partial charge is 0.444 e. The maximum absolute atomic E-state index is 13.1. The fraction of sp³-hybridized carbons (Fsp3) is 0.464. The summed E-state index contributed by atoms with van der Waals surface area (Å²) in [5.74, 6) is 0.122. The van der Waals surface area contributed by atoms with Gasteiger partial charge in [0.05, 0.1) is 18.6 Å². The first-order chi connectivity index (χ1) is 17.2. The van der Waals surface area contributed by atoms with Gasteiger partial charge in [-0.2, -0.15) is 0 Å². The number of nitrogens with zero attached hydrogens (tertiary/aromatic N) is 5. The van der Waals surface area contributed by atoms with Crippen LogP contribution in [0.1, 0.15) is 37.7 Å². The summed E-state index contributed by atoms with van der Waals surface area (Å²) in [4.78, 5) is 36.0. The van der Waals surface area contributed by atoms with Gasteiger partial charge in [0.2, 0.25) is 5.91 Å². The van der Waals surface area contributed by atoms with E-state index in [0.717, 1.165) is 48.5 Å². The first-order valence-electron chi connectivity index (χ1n) is 12.7. The number of rotatable bonds is 4. The van der Waals surface area contributed by atoms with E-state index in [1.807, 2.05) is 57.1 Å². The van der Waals surface area contributed by atoms with Crippen molar-refractivity contribution in [3.63, 3.8) is 0 Å². The number of benzene rings is 1. The molecule has 0 bridgehead atoms. The average molecular weight is 490 g/mol. The van der Waals surface area contributed by atoms with Crippen molar-refractivity contribution >= 4 is 28.6 Å². The van der Waals surface area contributed by atoms with Gasteiger partial charge in [-0.15, -0.1) is 0 Å². The van der Waals surface area contributed by atoms with Gasteiger partial charge in [-0.1, -0.05) is 12.1 Å². The maximum atomic E-state index is 13.1. The molecule has 0 spiro atoms. The van der Waals surface area contributed by atoms with Crippen molar-refractivity contribution in [1.29, 1.82) is 0 Å². The number of pyridine rings is 1. The number of hydrogen-bond donors (Lipinski definition) is 0.